The van der Waals surface area contributed by atoms with Gasteiger partial charge in [-0.05, 0) is 38.0 Å². The number of carbonyl (C=O) groups is 1. The summed E-state index contributed by atoms with van der Waals surface area (Å²) in [4.78, 5) is 27.5. The Kier molecular flexibility index (Phi) is 6.99. The SMILES string of the molecule is Cc1nccn1-c1cc(N2CCC(C(=O)NCCOc3cccc(C(F)(F)F)c3)CC2)ncn1. The number of aryl methyl sites for hydroxylation is 1. The van der Waals surface area contributed by atoms with Crippen LogP contribution in [-0.4, -0.2) is 51.7 Å². The number of carbonyl (C=O) groups excluding carboxylic acids is 1. The van der Waals surface area contributed by atoms with Crippen molar-refractivity contribution in [3.05, 3.63) is 60.4 Å². The first-order chi connectivity index (χ1) is 16.3. The Balaban J connectivity index is 1.23. The number of rotatable bonds is 7. The van der Waals surface area contributed by atoms with E-state index in [1.165, 1.54) is 18.5 Å². The fourth-order valence-corrected chi connectivity index (χ4v) is 3.88. The number of imidazole rings is 1. The number of nitrogens with one attached hydrogen (secondary N) is 1. The van der Waals surface area contributed by atoms with Gasteiger partial charge >= 0.3 is 6.18 Å². The second-order valence-electron chi connectivity index (χ2n) is 8.01. The van der Waals surface area contributed by atoms with Gasteiger partial charge in [-0.1, -0.05) is 6.07 Å². The molecule has 1 saturated heterocycles. The molecule has 11 heteroatoms. The lowest BCUT2D eigenvalue weighted by Gasteiger charge is -2.32. The summed E-state index contributed by atoms with van der Waals surface area (Å²) in [5.74, 6) is 2.27. The molecule has 3 aromatic rings. The van der Waals surface area contributed by atoms with E-state index in [9.17, 15) is 18.0 Å². The molecule has 1 aliphatic heterocycles. The summed E-state index contributed by atoms with van der Waals surface area (Å²) in [5, 5.41) is 2.82. The molecule has 0 saturated carbocycles. The molecule has 0 spiro atoms. The van der Waals surface area contributed by atoms with Gasteiger partial charge in [0.1, 0.15) is 36.1 Å². The zero-order valence-electron chi connectivity index (χ0n) is 18.6. The van der Waals surface area contributed by atoms with Gasteiger partial charge in [-0.15, -0.1) is 0 Å². The highest BCUT2D eigenvalue weighted by atomic mass is 19.4. The quantitative estimate of drug-likeness (QED) is 0.529. The van der Waals surface area contributed by atoms with Crippen LogP contribution in [0.4, 0.5) is 19.0 Å². The molecule has 0 bridgehead atoms. The third-order valence-electron chi connectivity index (χ3n) is 5.73. The minimum absolute atomic E-state index is 0.0790. The third-order valence-corrected chi connectivity index (χ3v) is 5.73. The minimum atomic E-state index is -4.42. The Morgan fingerprint density at radius 2 is 1.91 bits per heavy atom. The zero-order chi connectivity index (χ0) is 24.1. The first-order valence-corrected chi connectivity index (χ1v) is 11.0. The Hall–Kier alpha value is -3.63. The van der Waals surface area contributed by atoms with E-state index < -0.39 is 11.7 Å². The van der Waals surface area contributed by atoms with Gasteiger partial charge in [-0.25, -0.2) is 15.0 Å². The zero-order valence-corrected chi connectivity index (χ0v) is 18.6. The normalized spacial score (nSPS) is 14.8. The van der Waals surface area contributed by atoms with Gasteiger partial charge in [0.25, 0.3) is 0 Å². The molecule has 34 heavy (non-hydrogen) atoms. The number of halogens is 3. The van der Waals surface area contributed by atoms with Gasteiger partial charge < -0.3 is 15.0 Å². The number of benzene rings is 1. The van der Waals surface area contributed by atoms with Crippen LogP contribution in [0.3, 0.4) is 0 Å². The van der Waals surface area contributed by atoms with Gasteiger partial charge in [0.15, 0.2) is 0 Å². The molecule has 1 N–H and O–H groups in total. The van der Waals surface area contributed by atoms with Gasteiger partial charge in [0.05, 0.1) is 12.1 Å². The molecule has 0 atom stereocenters. The fraction of sp³-hybridized carbons (Fsp3) is 0.391. The van der Waals surface area contributed by atoms with E-state index in [0.717, 1.165) is 29.6 Å². The topological polar surface area (TPSA) is 85.2 Å². The summed E-state index contributed by atoms with van der Waals surface area (Å²) < 4.78 is 45.6. The average Bonchev–Trinajstić information content (AvgIpc) is 3.27. The standard InChI is InChI=1S/C23H25F3N6O2/c1-16-27-7-11-32(16)21-14-20(29-15-30-21)31-9-5-17(6-10-31)22(33)28-8-12-34-19-4-2-3-18(13-19)23(24,25)26/h2-4,7,11,13-15,17H,5-6,8-10,12H2,1H3,(H,28,33). The van der Waals surface area contributed by atoms with Crippen molar-refractivity contribution in [1.29, 1.82) is 0 Å². The third kappa shape index (κ3) is 5.64. The molecule has 0 radical (unpaired) electrons. The molecule has 4 rings (SSSR count). The molecule has 1 fully saturated rings. The number of alkyl halides is 3. The van der Waals surface area contributed by atoms with E-state index in [4.69, 9.17) is 4.74 Å². The maximum atomic E-state index is 12.8. The number of hydrogen-bond acceptors (Lipinski definition) is 6. The summed E-state index contributed by atoms with van der Waals surface area (Å²) in [5.41, 5.74) is -0.767. The van der Waals surface area contributed by atoms with Crippen LogP contribution in [0.2, 0.25) is 0 Å². The molecular weight excluding hydrogens is 449 g/mol. The number of aromatic nitrogens is 4. The van der Waals surface area contributed by atoms with Crippen molar-refractivity contribution in [2.45, 2.75) is 25.9 Å². The van der Waals surface area contributed by atoms with Crippen LogP contribution in [0.25, 0.3) is 5.82 Å². The largest absolute Gasteiger partial charge is 0.492 e. The van der Waals surface area contributed by atoms with Crippen molar-refractivity contribution < 1.29 is 22.7 Å². The highest BCUT2D eigenvalue weighted by Gasteiger charge is 2.30. The number of piperidine rings is 1. The lowest BCUT2D eigenvalue weighted by atomic mass is 9.96. The molecule has 0 unspecified atom stereocenters. The summed E-state index contributed by atoms with van der Waals surface area (Å²) >= 11 is 0. The van der Waals surface area contributed by atoms with Crippen LogP contribution in [0, 0.1) is 12.8 Å². The summed E-state index contributed by atoms with van der Waals surface area (Å²) in [6, 6.07) is 6.59. The molecule has 8 nitrogen and oxygen atoms in total. The van der Waals surface area contributed by atoms with Gasteiger partial charge in [-0.3, -0.25) is 9.36 Å². The maximum absolute atomic E-state index is 12.8. The average molecular weight is 474 g/mol. The maximum Gasteiger partial charge on any atom is 0.416 e. The van der Waals surface area contributed by atoms with Crippen LogP contribution in [-0.2, 0) is 11.0 Å². The van der Waals surface area contributed by atoms with Crippen molar-refractivity contribution in [2.75, 3.05) is 31.1 Å². The number of nitrogens with zero attached hydrogens (tertiary/aromatic N) is 5. The first kappa shape index (κ1) is 23.5. The second kappa shape index (κ2) is 10.1. The van der Waals surface area contributed by atoms with Crippen molar-refractivity contribution in [2.24, 2.45) is 5.92 Å². The summed E-state index contributed by atoms with van der Waals surface area (Å²) in [6.07, 6.45) is 2.00. The molecule has 1 aromatic carbocycles. The fourth-order valence-electron chi connectivity index (χ4n) is 3.88. The highest BCUT2D eigenvalue weighted by Crippen LogP contribution is 2.31. The van der Waals surface area contributed by atoms with Crippen molar-refractivity contribution in [3.63, 3.8) is 0 Å². The summed E-state index contributed by atoms with van der Waals surface area (Å²) in [7, 11) is 0. The molecule has 1 amide bonds. The van der Waals surface area contributed by atoms with Crippen molar-refractivity contribution in [1.82, 2.24) is 24.8 Å². The van der Waals surface area contributed by atoms with Crippen LogP contribution in [0.5, 0.6) is 5.75 Å². The predicted molar refractivity (Wildman–Crippen MR) is 119 cm³/mol. The molecule has 3 heterocycles. The van der Waals surface area contributed by atoms with Crippen LogP contribution in [0.1, 0.15) is 24.2 Å². The lowest BCUT2D eigenvalue weighted by molar-refractivity contribution is -0.137. The summed E-state index contributed by atoms with van der Waals surface area (Å²) in [6.45, 7) is 3.56. The molecule has 0 aliphatic carbocycles. The van der Waals surface area contributed by atoms with E-state index in [-0.39, 0.29) is 30.7 Å². The Morgan fingerprint density at radius 1 is 1.15 bits per heavy atom. The van der Waals surface area contributed by atoms with Crippen molar-refractivity contribution >= 4 is 11.7 Å². The lowest BCUT2D eigenvalue weighted by Crippen LogP contribution is -2.41. The van der Waals surface area contributed by atoms with Crippen LogP contribution >= 0.6 is 0 Å². The Bertz CT molecular complexity index is 1130. The molecule has 180 valence electrons. The van der Waals surface area contributed by atoms with Gasteiger partial charge in [-0.2, -0.15) is 13.2 Å². The number of amides is 1. The van der Waals surface area contributed by atoms with Crippen LogP contribution in [0.15, 0.2) is 49.1 Å². The van der Waals surface area contributed by atoms with Gasteiger partial charge in [0.2, 0.25) is 5.91 Å². The monoisotopic (exact) mass is 474 g/mol. The molecule has 2 aromatic heterocycles. The van der Waals surface area contributed by atoms with Crippen molar-refractivity contribution in [3.8, 4) is 11.6 Å². The van der Waals surface area contributed by atoms with Crippen LogP contribution < -0.4 is 15.0 Å². The van der Waals surface area contributed by atoms with E-state index in [1.807, 2.05) is 23.8 Å². The van der Waals surface area contributed by atoms with E-state index >= 15 is 0 Å². The highest BCUT2D eigenvalue weighted by molar-refractivity contribution is 5.79. The minimum Gasteiger partial charge on any atom is -0.492 e. The van der Waals surface area contributed by atoms with E-state index in [1.54, 1.807) is 6.20 Å². The molecule has 1 aliphatic rings. The second-order valence-corrected chi connectivity index (χ2v) is 8.01. The molecular formula is C23H25F3N6O2. The number of hydrogen-bond donors (Lipinski definition) is 1. The number of ether oxygens (including phenoxy) is 1. The first-order valence-electron chi connectivity index (χ1n) is 11.0. The van der Waals surface area contributed by atoms with Gasteiger partial charge in [0, 0.05) is 37.5 Å². The predicted octanol–water partition coefficient (Wildman–Crippen LogP) is 3.40. The van der Waals surface area contributed by atoms with E-state index in [0.29, 0.717) is 25.9 Å². The van der Waals surface area contributed by atoms with E-state index in [2.05, 4.69) is 25.2 Å². The number of anilines is 1. The Labute approximate surface area is 194 Å². The smallest absolute Gasteiger partial charge is 0.416 e. The Morgan fingerprint density at radius 3 is 2.62 bits per heavy atom.